The molecule has 0 radical (unpaired) electrons. The second kappa shape index (κ2) is 4.64. The minimum atomic E-state index is 0.375. The van der Waals surface area contributed by atoms with E-state index in [-0.39, 0.29) is 0 Å². The van der Waals surface area contributed by atoms with Crippen LogP contribution in [0.2, 0.25) is 0 Å². The van der Waals surface area contributed by atoms with Crippen molar-refractivity contribution >= 4 is 0 Å². The van der Waals surface area contributed by atoms with E-state index in [9.17, 15) is 5.11 Å². The Bertz CT molecular complexity index is 350. The van der Waals surface area contributed by atoms with Gasteiger partial charge in [-0.3, -0.25) is 0 Å². The van der Waals surface area contributed by atoms with Crippen LogP contribution in [0.25, 0.3) is 0 Å². The number of phenols is 1. The maximum atomic E-state index is 9.80. The van der Waals surface area contributed by atoms with Gasteiger partial charge < -0.3 is 9.94 Å². The van der Waals surface area contributed by atoms with Crippen molar-refractivity contribution < 1.29 is 9.94 Å². The minimum Gasteiger partial charge on any atom is -0.508 e. The van der Waals surface area contributed by atoms with Gasteiger partial charge in [-0.15, -0.1) is 0 Å². The Kier molecular flexibility index (Phi) is 3.23. The van der Waals surface area contributed by atoms with Gasteiger partial charge in [-0.1, -0.05) is 6.07 Å². The lowest BCUT2D eigenvalue weighted by molar-refractivity contribution is 0.0859. The summed E-state index contributed by atoms with van der Waals surface area (Å²) in [5.41, 5.74) is 6.48. The molecule has 3 nitrogen and oxygen atoms in total. The molecular formula is C12H17NO2. The molecule has 15 heavy (non-hydrogen) atoms. The first-order valence-corrected chi connectivity index (χ1v) is 5.41. The van der Waals surface area contributed by atoms with E-state index in [4.69, 9.17) is 4.84 Å². The molecule has 0 amide bonds. The van der Waals surface area contributed by atoms with Gasteiger partial charge in [0.2, 0.25) is 0 Å². The highest BCUT2D eigenvalue weighted by Gasteiger charge is 2.15. The molecule has 1 aromatic carbocycles. The van der Waals surface area contributed by atoms with Gasteiger partial charge in [-0.2, -0.15) is 5.48 Å². The monoisotopic (exact) mass is 207 g/mol. The smallest absolute Gasteiger partial charge is 0.120 e. The van der Waals surface area contributed by atoms with Crippen LogP contribution in [0.15, 0.2) is 12.1 Å². The highest BCUT2D eigenvalue weighted by molar-refractivity contribution is 5.45. The van der Waals surface area contributed by atoms with Gasteiger partial charge >= 0.3 is 0 Å². The Labute approximate surface area is 90.0 Å². The van der Waals surface area contributed by atoms with E-state index in [1.807, 2.05) is 6.07 Å². The third-order valence-electron chi connectivity index (χ3n) is 3.02. The number of benzene rings is 1. The molecule has 1 aliphatic rings. The standard InChI is InChI=1S/C12H17NO2/c1-15-13-8-11-10-5-3-2-4-9(10)6-7-12(11)14/h6-7,13-14H,2-5,8H2,1H3. The number of hydrogen-bond acceptors (Lipinski definition) is 3. The number of hydroxylamine groups is 1. The fourth-order valence-electron chi connectivity index (χ4n) is 2.23. The van der Waals surface area contributed by atoms with E-state index in [1.165, 1.54) is 24.0 Å². The van der Waals surface area contributed by atoms with Gasteiger partial charge in [-0.05, 0) is 42.9 Å². The van der Waals surface area contributed by atoms with Gasteiger partial charge in [0, 0.05) is 12.1 Å². The number of nitrogens with one attached hydrogen (secondary N) is 1. The number of hydrogen-bond donors (Lipinski definition) is 2. The molecule has 0 bridgehead atoms. The molecule has 0 aliphatic heterocycles. The summed E-state index contributed by atoms with van der Waals surface area (Å²) >= 11 is 0. The van der Waals surface area contributed by atoms with Gasteiger partial charge in [0.15, 0.2) is 0 Å². The Morgan fingerprint density at radius 1 is 1.33 bits per heavy atom. The Balaban J connectivity index is 2.32. The predicted octanol–water partition coefficient (Wildman–Crippen LogP) is 1.92. The van der Waals surface area contributed by atoms with Crippen LogP contribution >= 0.6 is 0 Å². The lowest BCUT2D eigenvalue weighted by Crippen LogP contribution is -2.15. The van der Waals surface area contributed by atoms with Gasteiger partial charge in [0.05, 0.1) is 7.11 Å². The number of aromatic hydroxyl groups is 1. The van der Waals surface area contributed by atoms with Crippen LogP contribution in [0, 0.1) is 0 Å². The molecule has 0 heterocycles. The summed E-state index contributed by atoms with van der Waals surface area (Å²) < 4.78 is 0. The summed E-state index contributed by atoms with van der Waals surface area (Å²) in [6.45, 7) is 0.575. The quantitative estimate of drug-likeness (QED) is 0.744. The van der Waals surface area contributed by atoms with Crippen LogP contribution in [-0.4, -0.2) is 12.2 Å². The zero-order valence-corrected chi connectivity index (χ0v) is 9.05. The van der Waals surface area contributed by atoms with Crippen LogP contribution in [0.1, 0.15) is 29.5 Å². The van der Waals surface area contributed by atoms with Crippen LogP contribution in [-0.2, 0) is 24.2 Å². The average molecular weight is 207 g/mol. The largest absolute Gasteiger partial charge is 0.508 e. The first-order valence-electron chi connectivity index (χ1n) is 5.41. The Morgan fingerprint density at radius 2 is 2.13 bits per heavy atom. The van der Waals surface area contributed by atoms with E-state index < -0.39 is 0 Å². The van der Waals surface area contributed by atoms with E-state index in [0.29, 0.717) is 12.3 Å². The van der Waals surface area contributed by atoms with Crippen molar-refractivity contribution in [3.63, 3.8) is 0 Å². The SMILES string of the molecule is CONCc1c(O)ccc2c1CCCC2. The lowest BCUT2D eigenvalue weighted by atomic mass is 9.88. The van der Waals surface area contributed by atoms with E-state index >= 15 is 0 Å². The molecule has 1 aromatic rings. The maximum Gasteiger partial charge on any atom is 0.120 e. The molecule has 0 saturated heterocycles. The highest BCUT2D eigenvalue weighted by Crippen LogP contribution is 2.30. The van der Waals surface area contributed by atoms with E-state index in [0.717, 1.165) is 18.4 Å². The molecule has 0 saturated carbocycles. The first kappa shape index (κ1) is 10.5. The molecule has 2 rings (SSSR count). The molecule has 0 aromatic heterocycles. The third-order valence-corrected chi connectivity index (χ3v) is 3.02. The average Bonchev–Trinajstić information content (AvgIpc) is 2.28. The molecule has 0 spiro atoms. The zero-order chi connectivity index (χ0) is 10.7. The minimum absolute atomic E-state index is 0.375. The van der Waals surface area contributed by atoms with Gasteiger partial charge in [0.1, 0.15) is 5.75 Å². The predicted molar refractivity (Wildman–Crippen MR) is 58.6 cm³/mol. The van der Waals surface area contributed by atoms with Gasteiger partial charge in [0.25, 0.3) is 0 Å². The summed E-state index contributed by atoms with van der Waals surface area (Å²) in [6, 6.07) is 3.83. The fourth-order valence-corrected chi connectivity index (χ4v) is 2.23. The van der Waals surface area contributed by atoms with Crippen molar-refractivity contribution in [2.45, 2.75) is 32.2 Å². The van der Waals surface area contributed by atoms with Crippen molar-refractivity contribution in [3.8, 4) is 5.75 Å². The molecule has 0 fully saturated rings. The van der Waals surface area contributed by atoms with Crippen molar-refractivity contribution in [1.29, 1.82) is 0 Å². The summed E-state index contributed by atoms with van der Waals surface area (Å²) in [6.07, 6.45) is 4.69. The Hall–Kier alpha value is -1.06. The summed E-state index contributed by atoms with van der Waals surface area (Å²) in [7, 11) is 1.59. The topological polar surface area (TPSA) is 41.5 Å². The summed E-state index contributed by atoms with van der Waals surface area (Å²) in [5, 5.41) is 9.80. The summed E-state index contributed by atoms with van der Waals surface area (Å²) in [5.74, 6) is 0.375. The van der Waals surface area contributed by atoms with Crippen LogP contribution in [0.5, 0.6) is 5.75 Å². The molecule has 0 unspecified atom stereocenters. The number of rotatable bonds is 3. The molecule has 0 atom stereocenters. The number of aryl methyl sites for hydroxylation is 1. The lowest BCUT2D eigenvalue weighted by Gasteiger charge is -2.20. The zero-order valence-electron chi connectivity index (χ0n) is 9.05. The molecule has 2 N–H and O–H groups in total. The van der Waals surface area contributed by atoms with Crippen molar-refractivity contribution in [3.05, 3.63) is 28.8 Å². The van der Waals surface area contributed by atoms with Crippen LogP contribution < -0.4 is 5.48 Å². The Morgan fingerprint density at radius 3 is 2.93 bits per heavy atom. The second-order valence-electron chi connectivity index (χ2n) is 3.93. The molecule has 3 heteroatoms. The molecular weight excluding hydrogens is 190 g/mol. The molecule has 1 aliphatic carbocycles. The van der Waals surface area contributed by atoms with Crippen molar-refractivity contribution in [1.82, 2.24) is 5.48 Å². The van der Waals surface area contributed by atoms with Crippen LogP contribution in [0.3, 0.4) is 0 Å². The van der Waals surface area contributed by atoms with Crippen LogP contribution in [0.4, 0.5) is 0 Å². The third kappa shape index (κ3) is 2.13. The van der Waals surface area contributed by atoms with Gasteiger partial charge in [-0.25, -0.2) is 0 Å². The summed E-state index contributed by atoms with van der Waals surface area (Å²) in [4.78, 5) is 4.83. The fraction of sp³-hybridized carbons (Fsp3) is 0.500. The normalized spacial score (nSPS) is 15.0. The van der Waals surface area contributed by atoms with E-state index in [1.54, 1.807) is 13.2 Å². The second-order valence-corrected chi connectivity index (χ2v) is 3.93. The number of phenolic OH excluding ortho intramolecular Hbond substituents is 1. The maximum absolute atomic E-state index is 9.80. The number of fused-ring (bicyclic) bond motifs is 1. The van der Waals surface area contributed by atoms with Crippen molar-refractivity contribution in [2.24, 2.45) is 0 Å². The first-order chi connectivity index (χ1) is 7.33. The highest BCUT2D eigenvalue weighted by atomic mass is 16.6. The van der Waals surface area contributed by atoms with E-state index in [2.05, 4.69) is 5.48 Å². The van der Waals surface area contributed by atoms with Crippen molar-refractivity contribution in [2.75, 3.05) is 7.11 Å². The molecule has 82 valence electrons.